The molecule has 2 aromatic carbocycles. The third-order valence-electron chi connectivity index (χ3n) is 5.67. The summed E-state index contributed by atoms with van der Waals surface area (Å²) in [5.74, 6) is 0.0918. The van der Waals surface area contributed by atoms with E-state index in [1.807, 2.05) is 19.1 Å². The van der Waals surface area contributed by atoms with E-state index in [2.05, 4.69) is 0 Å². The first-order valence-corrected chi connectivity index (χ1v) is 11.8. The molecule has 1 saturated carbocycles. The van der Waals surface area contributed by atoms with Crippen LogP contribution >= 0.6 is 11.3 Å². The van der Waals surface area contributed by atoms with Crippen LogP contribution in [0.3, 0.4) is 0 Å². The van der Waals surface area contributed by atoms with Gasteiger partial charge in [-0.3, -0.25) is 9.59 Å². The van der Waals surface area contributed by atoms with E-state index in [1.54, 1.807) is 64.6 Å². The van der Waals surface area contributed by atoms with Crippen molar-refractivity contribution in [3.05, 3.63) is 87.4 Å². The first-order chi connectivity index (χ1) is 15.9. The maximum absolute atomic E-state index is 13.4. The van der Waals surface area contributed by atoms with Crippen molar-refractivity contribution in [1.29, 1.82) is 0 Å². The summed E-state index contributed by atoms with van der Waals surface area (Å²) < 4.78 is 18.5. The molecule has 1 aliphatic carbocycles. The molecule has 0 N–H and O–H groups in total. The van der Waals surface area contributed by atoms with Crippen molar-refractivity contribution in [2.24, 2.45) is 0 Å². The maximum atomic E-state index is 13.4. The SMILES string of the molecule is COc1ccc(C(=O)N(CC(=O)N(Cc2ccc(F)cc2)Cc2ccc(C)s2)C2CC2)cc1. The van der Waals surface area contributed by atoms with Crippen molar-refractivity contribution >= 4 is 23.2 Å². The fraction of sp³-hybridized carbons (Fsp3) is 0.308. The quantitative estimate of drug-likeness (QED) is 0.444. The van der Waals surface area contributed by atoms with Gasteiger partial charge < -0.3 is 14.5 Å². The lowest BCUT2D eigenvalue weighted by Gasteiger charge is -2.28. The number of rotatable bonds is 9. The minimum absolute atomic E-state index is 0.0150. The molecule has 1 aromatic heterocycles. The van der Waals surface area contributed by atoms with Crippen molar-refractivity contribution in [2.75, 3.05) is 13.7 Å². The molecule has 33 heavy (non-hydrogen) atoms. The number of hydrogen-bond acceptors (Lipinski definition) is 4. The molecule has 2 amide bonds. The zero-order chi connectivity index (χ0) is 23.4. The van der Waals surface area contributed by atoms with Gasteiger partial charge in [0, 0.05) is 27.9 Å². The highest BCUT2D eigenvalue weighted by Crippen LogP contribution is 2.29. The molecule has 0 saturated heterocycles. The van der Waals surface area contributed by atoms with Crippen LogP contribution in [0.2, 0.25) is 0 Å². The van der Waals surface area contributed by atoms with Crippen LogP contribution in [-0.4, -0.2) is 41.3 Å². The minimum Gasteiger partial charge on any atom is -0.497 e. The molecule has 0 unspecified atom stereocenters. The number of carbonyl (C=O) groups is 2. The van der Waals surface area contributed by atoms with E-state index in [1.165, 1.54) is 17.0 Å². The maximum Gasteiger partial charge on any atom is 0.254 e. The zero-order valence-electron chi connectivity index (χ0n) is 18.8. The Morgan fingerprint density at radius 3 is 2.27 bits per heavy atom. The van der Waals surface area contributed by atoms with E-state index >= 15 is 0 Å². The Balaban J connectivity index is 1.52. The number of amides is 2. The summed E-state index contributed by atoms with van der Waals surface area (Å²) in [5, 5.41) is 0. The molecule has 0 atom stereocenters. The molecular formula is C26H27FN2O3S. The van der Waals surface area contributed by atoms with Gasteiger partial charge >= 0.3 is 0 Å². The number of nitrogens with zero attached hydrogens (tertiary/aromatic N) is 2. The summed E-state index contributed by atoms with van der Waals surface area (Å²) in [6, 6.07) is 17.3. The highest BCUT2D eigenvalue weighted by Gasteiger charge is 2.35. The molecule has 172 valence electrons. The number of ether oxygens (including phenoxy) is 1. The van der Waals surface area contributed by atoms with Crippen LogP contribution in [0.1, 0.15) is 38.5 Å². The minimum atomic E-state index is -0.310. The molecular weight excluding hydrogens is 439 g/mol. The Hall–Kier alpha value is -3.19. The third kappa shape index (κ3) is 5.99. The fourth-order valence-corrected chi connectivity index (χ4v) is 4.60. The van der Waals surface area contributed by atoms with Crippen molar-refractivity contribution in [3.8, 4) is 5.75 Å². The lowest BCUT2D eigenvalue weighted by molar-refractivity contribution is -0.133. The molecule has 1 aliphatic rings. The summed E-state index contributed by atoms with van der Waals surface area (Å²) >= 11 is 1.64. The number of aryl methyl sites for hydroxylation is 1. The summed E-state index contributed by atoms with van der Waals surface area (Å²) in [6.07, 6.45) is 1.80. The van der Waals surface area contributed by atoms with Gasteiger partial charge in [0.25, 0.3) is 5.91 Å². The van der Waals surface area contributed by atoms with Gasteiger partial charge in [-0.15, -0.1) is 11.3 Å². The molecule has 0 spiro atoms. The second-order valence-electron chi connectivity index (χ2n) is 8.28. The van der Waals surface area contributed by atoms with Gasteiger partial charge in [0.1, 0.15) is 18.1 Å². The highest BCUT2D eigenvalue weighted by atomic mass is 32.1. The van der Waals surface area contributed by atoms with Crippen LogP contribution in [0, 0.1) is 12.7 Å². The first-order valence-electron chi connectivity index (χ1n) is 11.0. The fourth-order valence-electron chi connectivity index (χ4n) is 3.70. The predicted molar refractivity (Wildman–Crippen MR) is 127 cm³/mol. The second-order valence-corrected chi connectivity index (χ2v) is 9.65. The Morgan fingerprint density at radius 2 is 1.70 bits per heavy atom. The van der Waals surface area contributed by atoms with Crippen LogP contribution in [0.4, 0.5) is 4.39 Å². The van der Waals surface area contributed by atoms with E-state index < -0.39 is 0 Å². The molecule has 3 aromatic rings. The Kier molecular flexibility index (Phi) is 7.08. The van der Waals surface area contributed by atoms with Crippen LogP contribution < -0.4 is 4.74 Å². The summed E-state index contributed by atoms with van der Waals surface area (Å²) in [4.78, 5) is 32.3. The Morgan fingerprint density at radius 1 is 1.00 bits per heavy atom. The van der Waals surface area contributed by atoms with Crippen molar-refractivity contribution in [1.82, 2.24) is 9.80 Å². The number of carbonyl (C=O) groups excluding carboxylic acids is 2. The van der Waals surface area contributed by atoms with Gasteiger partial charge in [-0.1, -0.05) is 12.1 Å². The molecule has 1 heterocycles. The first kappa shape index (κ1) is 23.0. The number of hydrogen-bond donors (Lipinski definition) is 0. The summed E-state index contributed by atoms with van der Waals surface area (Å²) in [7, 11) is 1.58. The zero-order valence-corrected chi connectivity index (χ0v) is 19.6. The molecule has 0 bridgehead atoms. The van der Waals surface area contributed by atoms with Crippen molar-refractivity contribution < 1.29 is 18.7 Å². The molecule has 0 radical (unpaired) electrons. The standard InChI is InChI=1S/C26H27FN2O3S/c1-18-3-14-24(33-18)16-28(15-19-4-8-21(27)9-5-19)25(30)17-29(22-10-11-22)26(31)20-6-12-23(32-2)13-7-20/h3-9,12-14,22H,10-11,15-17H2,1-2H3. The van der Waals surface area contributed by atoms with Crippen molar-refractivity contribution in [2.45, 2.75) is 38.9 Å². The molecule has 5 nitrogen and oxygen atoms in total. The van der Waals surface area contributed by atoms with E-state index in [4.69, 9.17) is 4.74 Å². The van der Waals surface area contributed by atoms with Gasteiger partial charge in [0.2, 0.25) is 5.91 Å². The predicted octanol–water partition coefficient (Wildman–Crippen LogP) is 5.04. The Bertz CT molecular complexity index is 1110. The summed E-state index contributed by atoms with van der Waals surface area (Å²) in [6.45, 7) is 2.85. The number of thiophene rings is 1. The van der Waals surface area contributed by atoms with Crippen molar-refractivity contribution in [3.63, 3.8) is 0 Å². The molecule has 0 aliphatic heterocycles. The molecule has 4 rings (SSSR count). The average molecular weight is 467 g/mol. The van der Waals surface area contributed by atoms with E-state index in [9.17, 15) is 14.0 Å². The largest absolute Gasteiger partial charge is 0.497 e. The molecule has 7 heteroatoms. The van der Waals surface area contributed by atoms with Crippen LogP contribution in [0.5, 0.6) is 5.75 Å². The second kappa shape index (κ2) is 10.2. The van der Waals surface area contributed by atoms with Crippen LogP contribution in [0.25, 0.3) is 0 Å². The molecule has 1 fully saturated rings. The van der Waals surface area contributed by atoms with Crippen LogP contribution in [-0.2, 0) is 17.9 Å². The monoisotopic (exact) mass is 466 g/mol. The normalized spacial score (nSPS) is 12.9. The van der Waals surface area contributed by atoms with Gasteiger partial charge in [0.15, 0.2) is 0 Å². The Labute approximate surface area is 197 Å². The number of benzene rings is 2. The summed E-state index contributed by atoms with van der Waals surface area (Å²) in [5.41, 5.74) is 1.38. The van der Waals surface area contributed by atoms with Gasteiger partial charge in [0.05, 0.1) is 13.7 Å². The third-order valence-corrected chi connectivity index (χ3v) is 6.66. The lowest BCUT2D eigenvalue weighted by Crippen LogP contribution is -2.43. The van der Waals surface area contributed by atoms with Crippen LogP contribution in [0.15, 0.2) is 60.7 Å². The van der Waals surface area contributed by atoms with E-state index in [-0.39, 0.29) is 30.2 Å². The van der Waals surface area contributed by atoms with Gasteiger partial charge in [-0.05, 0) is 73.9 Å². The van der Waals surface area contributed by atoms with Gasteiger partial charge in [-0.2, -0.15) is 0 Å². The van der Waals surface area contributed by atoms with E-state index in [0.717, 1.165) is 23.3 Å². The number of methoxy groups -OCH3 is 1. The highest BCUT2D eigenvalue weighted by molar-refractivity contribution is 7.11. The average Bonchev–Trinajstić information content (AvgIpc) is 3.59. The smallest absolute Gasteiger partial charge is 0.254 e. The lowest BCUT2D eigenvalue weighted by atomic mass is 10.1. The topological polar surface area (TPSA) is 49.9 Å². The van der Waals surface area contributed by atoms with Gasteiger partial charge in [-0.25, -0.2) is 4.39 Å². The number of halogens is 1. The van der Waals surface area contributed by atoms with E-state index in [0.29, 0.717) is 24.4 Å².